The van der Waals surface area contributed by atoms with Gasteiger partial charge in [-0.05, 0) is 12.8 Å². The minimum atomic E-state index is -0.289. The zero-order valence-corrected chi connectivity index (χ0v) is 9.76. The average Bonchev–Trinajstić information content (AvgIpc) is 2.96. The van der Waals surface area contributed by atoms with Gasteiger partial charge < -0.3 is 5.73 Å². The van der Waals surface area contributed by atoms with Gasteiger partial charge in [-0.25, -0.2) is 10.5 Å². The fraction of sp³-hybridized carbons (Fsp3) is 0.600. The highest BCUT2D eigenvalue weighted by Crippen LogP contribution is 2.20. The summed E-state index contributed by atoms with van der Waals surface area (Å²) in [6, 6.07) is 0. The van der Waals surface area contributed by atoms with E-state index in [4.69, 9.17) is 10.6 Å². The first-order valence-corrected chi connectivity index (χ1v) is 6.28. The molecule has 2 rings (SSSR count). The van der Waals surface area contributed by atoms with Crippen molar-refractivity contribution in [1.82, 2.24) is 10.5 Å². The van der Waals surface area contributed by atoms with Crippen molar-refractivity contribution in [2.75, 3.05) is 0 Å². The molecule has 0 atom stereocenters. The highest BCUT2D eigenvalue weighted by atomic mass is 32.1. The number of nitrogens with zero attached hydrogens (tertiary/aromatic N) is 1. The van der Waals surface area contributed by atoms with Gasteiger partial charge in [0.05, 0.1) is 6.10 Å². The van der Waals surface area contributed by atoms with Crippen LogP contribution >= 0.6 is 11.3 Å². The van der Waals surface area contributed by atoms with Gasteiger partial charge in [-0.2, -0.15) is 0 Å². The lowest BCUT2D eigenvalue weighted by molar-refractivity contribution is -0.0127. The molecule has 0 unspecified atom stereocenters. The molecule has 1 amide bonds. The Morgan fingerprint density at radius 1 is 1.62 bits per heavy atom. The molecule has 3 N–H and O–H groups in total. The van der Waals surface area contributed by atoms with Crippen LogP contribution in [0.25, 0.3) is 0 Å². The van der Waals surface area contributed by atoms with Gasteiger partial charge in [-0.1, -0.05) is 12.8 Å². The lowest BCUT2D eigenvalue weighted by Crippen LogP contribution is -2.28. The molecule has 88 valence electrons. The monoisotopic (exact) mass is 241 g/mol. The van der Waals surface area contributed by atoms with Crippen LogP contribution in [0.4, 0.5) is 0 Å². The molecule has 0 radical (unpaired) electrons. The quantitative estimate of drug-likeness (QED) is 0.777. The van der Waals surface area contributed by atoms with Crippen molar-refractivity contribution < 1.29 is 9.63 Å². The first kappa shape index (κ1) is 11.5. The maximum Gasteiger partial charge on any atom is 0.294 e. The summed E-state index contributed by atoms with van der Waals surface area (Å²) in [6.45, 7) is 0.363. The van der Waals surface area contributed by atoms with Crippen molar-refractivity contribution in [2.24, 2.45) is 5.73 Å². The van der Waals surface area contributed by atoms with E-state index in [0.29, 0.717) is 12.2 Å². The van der Waals surface area contributed by atoms with Gasteiger partial charge in [0.25, 0.3) is 5.91 Å². The molecule has 0 saturated heterocycles. The van der Waals surface area contributed by atoms with Gasteiger partial charge in [0.2, 0.25) is 0 Å². The summed E-state index contributed by atoms with van der Waals surface area (Å²) in [4.78, 5) is 21.0. The van der Waals surface area contributed by atoms with Gasteiger partial charge in [0.1, 0.15) is 10.7 Å². The van der Waals surface area contributed by atoms with Crippen molar-refractivity contribution in [1.29, 1.82) is 0 Å². The molecule has 5 nitrogen and oxygen atoms in total. The van der Waals surface area contributed by atoms with Gasteiger partial charge >= 0.3 is 0 Å². The first-order chi connectivity index (χ1) is 7.79. The van der Waals surface area contributed by atoms with Crippen molar-refractivity contribution in [3.8, 4) is 0 Å². The van der Waals surface area contributed by atoms with E-state index in [-0.39, 0.29) is 12.0 Å². The number of carbonyl (C=O) groups excluding carboxylic acids is 1. The van der Waals surface area contributed by atoms with Crippen molar-refractivity contribution in [3.05, 3.63) is 16.1 Å². The highest BCUT2D eigenvalue weighted by molar-refractivity contribution is 7.09. The maximum absolute atomic E-state index is 11.6. The van der Waals surface area contributed by atoms with Gasteiger partial charge in [0, 0.05) is 11.9 Å². The number of amides is 1. The van der Waals surface area contributed by atoms with Crippen molar-refractivity contribution in [2.45, 2.75) is 38.3 Å². The molecule has 1 heterocycles. The summed E-state index contributed by atoms with van der Waals surface area (Å²) in [5, 5.41) is 2.45. The van der Waals surface area contributed by atoms with E-state index in [1.807, 2.05) is 0 Å². The van der Waals surface area contributed by atoms with E-state index in [9.17, 15) is 4.79 Å². The largest absolute Gasteiger partial charge is 0.325 e. The number of thiazole rings is 1. The molecule has 1 aliphatic rings. The summed E-state index contributed by atoms with van der Waals surface area (Å²) in [7, 11) is 0. The van der Waals surface area contributed by atoms with E-state index in [0.717, 1.165) is 17.8 Å². The third kappa shape index (κ3) is 2.78. The fourth-order valence-corrected chi connectivity index (χ4v) is 2.36. The molecular formula is C10H15N3O2S. The lowest BCUT2D eigenvalue weighted by atomic mass is 10.3. The second kappa shape index (κ2) is 5.38. The zero-order valence-electron chi connectivity index (χ0n) is 8.94. The number of hydrogen-bond acceptors (Lipinski definition) is 5. The maximum atomic E-state index is 11.6. The van der Waals surface area contributed by atoms with Crippen LogP contribution in [0.1, 0.15) is 41.2 Å². The lowest BCUT2D eigenvalue weighted by Gasteiger charge is -2.09. The number of hydrogen-bond donors (Lipinski definition) is 2. The smallest absolute Gasteiger partial charge is 0.294 e. The summed E-state index contributed by atoms with van der Waals surface area (Å²) >= 11 is 1.38. The molecule has 0 spiro atoms. The van der Waals surface area contributed by atoms with Crippen LogP contribution in [0, 0.1) is 0 Å². The normalized spacial score (nSPS) is 16.6. The van der Waals surface area contributed by atoms with Crippen LogP contribution in [0.3, 0.4) is 0 Å². The van der Waals surface area contributed by atoms with Crippen molar-refractivity contribution in [3.63, 3.8) is 0 Å². The Balaban J connectivity index is 1.82. The molecule has 1 aliphatic carbocycles. The first-order valence-electron chi connectivity index (χ1n) is 5.40. The van der Waals surface area contributed by atoms with E-state index in [1.54, 1.807) is 5.38 Å². The van der Waals surface area contributed by atoms with Crippen LogP contribution < -0.4 is 11.2 Å². The summed E-state index contributed by atoms with van der Waals surface area (Å²) < 4.78 is 0. The Morgan fingerprint density at radius 2 is 2.38 bits per heavy atom. The zero-order chi connectivity index (χ0) is 11.4. The average molecular weight is 241 g/mol. The van der Waals surface area contributed by atoms with E-state index in [2.05, 4.69) is 10.5 Å². The Morgan fingerprint density at radius 3 is 3.00 bits per heavy atom. The Kier molecular flexibility index (Phi) is 3.87. The number of nitrogens with one attached hydrogen (secondary N) is 1. The molecule has 6 heteroatoms. The van der Waals surface area contributed by atoms with Gasteiger partial charge in [-0.15, -0.1) is 11.3 Å². The standard InChI is InChI=1S/C10H15N3O2S/c11-5-9-12-8(6-16-9)10(14)13-15-7-3-1-2-4-7/h6-7H,1-5,11H2,(H,13,14). The molecule has 1 saturated carbocycles. The number of aromatic nitrogens is 1. The summed E-state index contributed by atoms with van der Waals surface area (Å²) in [5.41, 5.74) is 8.24. The Labute approximate surface area is 98.0 Å². The van der Waals surface area contributed by atoms with E-state index in [1.165, 1.54) is 24.2 Å². The SMILES string of the molecule is NCc1nc(C(=O)NOC2CCCC2)cs1. The van der Waals surface area contributed by atoms with Crippen molar-refractivity contribution >= 4 is 17.2 Å². The van der Waals surface area contributed by atoms with E-state index < -0.39 is 0 Å². The van der Waals surface area contributed by atoms with Gasteiger partial charge in [-0.3, -0.25) is 9.63 Å². The van der Waals surface area contributed by atoms with Gasteiger partial charge in [0.15, 0.2) is 0 Å². The minimum absolute atomic E-state index is 0.163. The minimum Gasteiger partial charge on any atom is -0.325 e. The number of rotatable bonds is 4. The van der Waals surface area contributed by atoms with Crippen LogP contribution in [-0.2, 0) is 11.4 Å². The summed E-state index contributed by atoms with van der Waals surface area (Å²) in [5.74, 6) is -0.289. The van der Waals surface area contributed by atoms with E-state index >= 15 is 0 Å². The van der Waals surface area contributed by atoms with Crippen LogP contribution in [0.15, 0.2) is 5.38 Å². The second-order valence-electron chi connectivity index (χ2n) is 3.79. The van der Waals surface area contributed by atoms with Crippen LogP contribution in [0.2, 0.25) is 0 Å². The fourth-order valence-electron chi connectivity index (χ4n) is 1.70. The third-order valence-corrected chi connectivity index (χ3v) is 3.45. The highest BCUT2D eigenvalue weighted by Gasteiger charge is 2.18. The molecule has 0 bridgehead atoms. The molecular weight excluding hydrogens is 226 g/mol. The predicted octanol–water partition coefficient (Wildman–Crippen LogP) is 1.21. The summed E-state index contributed by atoms with van der Waals surface area (Å²) in [6.07, 6.45) is 4.55. The second-order valence-corrected chi connectivity index (χ2v) is 4.73. The number of carbonyl (C=O) groups is 1. The molecule has 1 aromatic rings. The molecule has 1 fully saturated rings. The Hall–Kier alpha value is -0.980. The van der Waals surface area contributed by atoms with Crippen LogP contribution in [0.5, 0.6) is 0 Å². The Bertz CT molecular complexity index is 361. The number of nitrogens with two attached hydrogens (primary N) is 1. The topological polar surface area (TPSA) is 77.2 Å². The molecule has 1 aromatic heterocycles. The predicted molar refractivity (Wildman–Crippen MR) is 60.8 cm³/mol. The molecule has 16 heavy (non-hydrogen) atoms. The third-order valence-electron chi connectivity index (χ3n) is 2.58. The molecule has 0 aromatic carbocycles. The molecule has 0 aliphatic heterocycles. The van der Waals surface area contributed by atoms with Crippen LogP contribution in [-0.4, -0.2) is 17.0 Å². The number of hydroxylamine groups is 1.